The molecule has 1 rings (SSSR count). The molecule has 108 valence electrons. The summed E-state index contributed by atoms with van der Waals surface area (Å²) in [5.74, 6) is -0.292. The molecule has 0 radical (unpaired) electrons. The second-order valence-corrected chi connectivity index (χ2v) is 4.09. The second-order valence-electron chi connectivity index (χ2n) is 4.09. The van der Waals surface area contributed by atoms with Crippen LogP contribution in [0, 0.1) is 0 Å². The van der Waals surface area contributed by atoms with Gasteiger partial charge in [-0.1, -0.05) is 12.1 Å². The Balaban J connectivity index is 2.92. The SMILES string of the molecule is CN=C(CO)C(=O)N(Cc1ccc(OC)cc1)C(C)=O. The second kappa shape index (κ2) is 7.40. The minimum atomic E-state index is -0.585. The van der Waals surface area contributed by atoms with Crippen molar-refractivity contribution in [3.63, 3.8) is 0 Å². The molecule has 6 nitrogen and oxygen atoms in total. The van der Waals surface area contributed by atoms with E-state index in [9.17, 15) is 9.59 Å². The van der Waals surface area contributed by atoms with Gasteiger partial charge in [-0.2, -0.15) is 0 Å². The Bertz CT molecular complexity index is 508. The van der Waals surface area contributed by atoms with Crippen molar-refractivity contribution in [1.29, 1.82) is 0 Å². The average molecular weight is 278 g/mol. The van der Waals surface area contributed by atoms with Crippen LogP contribution in [-0.2, 0) is 16.1 Å². The first kappa shape index (κ1) is 15.8. The number of aliphatic hydroxyl groups is 1. The van der Waals surface area contributed by atoms with Gasteiger partial charge in [0.05, 0.1) is 20.3 Å². The van der Waals surface area contributed by atoms with Crippen molar-refractivity contribution in [1.82, 2.24) is 4.90 Å². The van der Waals surface area contributed by atoms with E-state index in [2.05, 4.69) is 4.99 Å². The molecule has 0 saturated heterocycles. The summed E-state index contributed by atoms with van der Waals surface area (Å²) in [7, 11) is 2.96. The van der Waals surface area contributed by atoms with Gasteiger partial charge < -0.3 is 9.84 Å². The van der Waals surface area contributed by atoms with Crippen molar-refractivity contribution in [2.75, 3.05) is 20.8 Å². The van der Waals surface area contributed by atoms with Gasteiger partial charge in [0.1, 0.15) is 11.5 Å². The summed E-state index contributed by atoms with van der Waals surface area (Å²) in [6.45, 7) is 0.922. The molecule has 0 heterocycles. The van der Waals surface area contributed by atoms with E-state index in [1.165, 1.54) is 14.0 Å². The molecule has 0 aliphatic heterocycles. The summed E-state index contributed by atoms with van der Waals surface area (Å²) >= 11 is 0. The topological polar surface area (TPSA) is 79.2 Å². The lowest BCUT2D eigenvalue weighted by Crippen LogP contribution is -2.40. The fourth-order valence-corrected chi connectivity index (χ4v) is 1.63. The maximum atomic E-state index is 12.1. The van der Waals surface area contributed by atoms with Crippen molar-refractivity contribution >= 4 is 17.5 Å². The van der Waals surface area contributed by atoms with Gasteiger partial charge in [0.25, 0.3) is 5.91 Å². The first-order valence-electron chi connectivity index (χ1n) is 6.05. The van der Waals surface area contributed by atoms with E-state index < -0.39 is 18.4 Å². The molecule has 0 aliphatic carbocycles. The third-order valence-corrected chi connectivity index (χ3v) is 2.79. The first-order valence-corrected chi connectivity index (χ1v) is 6.05. The third-order valence-electron chi connectivity index (χ3n) is 2.79. The van der Waals surface area contributed by atoms with Gasteiger partial charge in [-0.25, -0.2) is 0 Å². The molecule has 1 N–H and O–H groups in total. The molecule has 0 aliphatic rings. The Hall–Kier alpha value is -2.21. The maximum absolute atomic E-state index is 12.1. The maximum Gasteiger partial charge on any atom is 0.277 e. The van der Waals surface area contributed by atoms with Crippen LogP contribution in [0.4, 0.5) is 0 Å². The molecule has 2 amide bonds. The van der Waals surface area contributed by atoms with Gasteiger partial charge in [-0.3, -0.25) is 19.5 Å². The number of aliphatic imine (C=N–C) groups is 1. The molecule has 0 bridgehead atoms. The molecule has 1 aromatic rings. The number of hydrogen-bond acceptors (Lipinski definition) is 5. The van der Waals surface area contributed by atoms with Gasteiger partial charge in [0.15, 0.2) is 0 Å². The summed E-state index contributed by atoms with van der Waals surface area (Å²) in [6.07, 6.45) is 0. The molecular formula is C14H18N2O4. The molecule has 1 aromatic carbocycles. The van der Waals surface area contributed by atoms with Crippen LogP contribution in [0.15, 0.2) is 29.3 Å². The highest BCUT2D eigenvalue weighted by Crippen LogP contribution is 2.13. The Morgan fingerprint density at radius 2 is 1.90 bits per heavy atom. The number of hydrogen-bond donors (Lipinski definition) is 1. The number of carbonyl (C=O) groups excluding carboxylic acids is 2. The van der Waals surface area contributed by atoms with Crippen LogP contribution in [0.2, 0.25) is 0 Å². The number of ether oxygens (including phenoxy) is 1. The number of benzene rings is 1. The van der Waals surface area contributed by atoms with Crippen LogP contribution in [0.1, 0.15) is 12.5 Å². The summed E-state index contributed by atoms with van der Waals surface area (Å²) in [5, 5.41) is 9.06. The Morgan fingerprint density at radius 3 is 2.30 bits per heavy atom. The summed E-state index contributed by atoms with van der Waals surface area (Å²) in [5.41, 5.74) is 0.733. The van der Waals surface area contributed by atoms with Gasteiger partial charge in [0, 0.05) is 14.0 Å². The van der Waals surface area contributed by atoms with Gasteiger partial charge in [-0.15, -0.1) is 0 Å². The van der Waals surface area contributed by atoms with Crippen LogP contribution in [-0.4, -0.2) is 48.3 Å². The molecule has 0 saturated carbocycles. The molecule has 0 aromatic heterocycles. The van der Waals surface area contributed by atoms with Crippen LogP contribution in [0.5, 0.6) is 5.75 Å². The monoisotopic (exact) mass is 278 g/mol. The first-order chi connectivity index (χ1) is 9.53. The lowest BCUT2D eigenvalue weighted by molar-refractivity contribution is -0.140. The number of rotatable bonds is 5. The third kappa shape index (κ3) is 3.89. The molecular weight excluding hydrogens is 260 g/mol. The number of amides is 2. The molecule has 0 fully saturated rings. The Morgan fingerprint density at radius 1 is 1.30 bits per heavy atom. The molecule has 0 spiro atoms. The summed E-state index contributed by atoms with van der Waals surface area (Å²) in [4.78, 5) is 28.4. The van der Waals surface area contributed by atoms with Crippen LogP contribution in [0.25, 0.3) is 0 Å². The number of imide groups is 1. The molecule has 20 heavy (non-hydrogen) atoms. The van der Waals surface area contributed by atoms with E-state index >= 15 is 0 Å². The quantitative estimate of drug-likeness (QED) is 0.801. The van der Waals surface area contributed by atoms with E-state index in [0.29, 0.717) is 5.75 Å². The van der Waals surface area contributed by atoms with E-state index in [1.54, 1.807) is 31.4 Å². The zero-order chi connectivity index (χ0) is 15.1. The Labute approximate surface area is 117 Å². The van der Waals surface area contributed by atoms with Crippen LogP contribution >= 0.6 is 0 Å². The van der Waals surface area contributed by atoms with E-state index in [1.807, 2.05) is 0 Å². The zero-order valence-corrected chi connectivity index (χ0v) is 11.8. The minimum Gasteiger partial charge on any atom is -0.497 e. The number of aliphatic hydroxyl groups excluding tert-OH is 1. The standard InChI is InChI=1S/C14H18N2O4/c1-10(18)16(14(19)13(9-17)15-2)8-11-4-6-12(20-3)7-5-11/h4-7,17H,8-9H2,1-3H3. The van der Waals surface area contributed by atoms with E-state index in [0.717, 1.165) is 10.5 Å². The molecule has 0 atom stereocenters. The largest absolute Gasteiger partial charge is 0.497 e. The highest BCUT2D eigenvalue weighted by molar-refractivity contribution is 6.41. The van der Waals surface area contributed by atoms with Gasteiger partial charge in [-0.05, 0) is 17.7 Å². The van der Waals surface area contributed by atoms with Crippen molar-refractivity contribution in [3.8, 4) is 5.75 Å². The molecule has 6 heteroatoms. The highest BCUT2D eigenvalue weighted by Gasteiger charge is 2.22. The summed E-state index contributed by atoms with van der Waals surface area (Å²) in [6, 6.07) is 7.03. The lowest BCUT2D eigenvalue weighted by atomic mass is 10.2. The van der Waals surface area contributed by atoms with Crippen molar-refractivity contribution < 1.29 is 19.4 Å². The van der Waals surface area contributed by atoms with Crippen molar-refractivity contribution in [2.45, 2.75) is 13.5 Å². The van der Waals surface area contributed by atoms with Crippen LogP contribution in [0.3, 0.4) is 0 Å². The average Bonchev–Trinajstić information content (AvgIpc) is 2.46. The fraction of sp³-hybridized carbons (Fsp3) is 0.357. The van der Waals surface area contributed by atoms with E-state index in [-0.39, 0.29) is 12.3 Å². The fourth-order valence-electron chi connectivity index (χ4n) is 1.63. The number of methoxy groups -OCH3 is 1. The molecule has 0 unspecified atom stereocenters. The summed E-state index contributed by atoms with van der Waals surface area (Å²) < 4.78 is 5.04. The Kier molecular flexibility index (Phi) is 5.86. The highest BCUT2D eigenvalue weighted by atomic mass is 16.5. The predicted molar refractivity (Wildman–Crippen MR) is 74.7 cm³/mol. The lowest BCUT2D eigenvalue weighted by Gasteiger charge is -2.19. The minimum absolute atomic E-state index is 0.0475. The number of carbonyl (C=O) groups is 2. The van der Waals surface area contributed by atoms with Crippen molar-refractivity contribution in [3.05, 3.63) is 29.8 Å². The van der Waals surface area contributed by atoms with Crippen molar-refractivity contribution in [2.24, 2.45) is 4.99 Å². The van der Waals surface area contributed by atoms with Crippen LogP contribution < -0.4 is 4.74 Å². The zero-order valence-electron chi connectivity index (χ0n) is 11.8. The normalized spacial score (nSPS) is 11.1. The van der Waals surface area contributed by atoms with Gasteiger partial charge >= 0.3 is 0 Å². The predicted octanol–water partition coefficient (Wildman–Crippen LogP) is 0.633. The van der Waals surface area contributed by atoms with E-state index in [4.69, 9.17) is 9.84 Å². The van der Waals surface area contributed by atoms with Gasteiger partial charge in [0.2, 0.25) is 5.91 Å². The number of nitrogens with zero attached hydrogens (tertiary/aromatic N) is 2. The smallest absolute Gasteiger partial charge is 0.277 e.